The van der Waals surface area contributed by atoms with E-state index in [4.69, 9.17) is 0 Å². The molecule has 0 spiro atoms. The van der Waals surface area contributed by atoms with Crippen molar-refractivity contribution in [3.8, 4) is 0 Å². The summed E-state index contributed by atoms with van der Waals surface area (Å²) in [5.41, 5.74) is 0.255. The number of carbonyl (C=O) groups is 1. The Morgan fingerprint density at radius 1 is 1.53 bits per heavy atom. The van der Waals surface area contributed by atoms with Crippen LogP contribution < -0.4 is 10.6 Å². The van der Waals surface area contributed by atoms with E-state index in [0.29, 0.717) is 12.3 Å². The van der Waals surface area contributed by atoms with Crippen LogP contribution in [0.15, 0.2) is 0 Å². The highest BCUT2D eigenvalue weighted by molar-refractivity contribution is 5.76. The van der Waals surface area contributed by atoms with Gasteiger partial charge in [0.2, 0.25) is 5.91 Å². The lowest BCUT2D eigenvalue weighted by atomic mass is 9.83. The van der Waals surface area contributed by atoms with E-state index < -0.39 is 0 Å². The van der Waals surface area contributed by atoms with Crippen LogP contribution in [0.2, 0.25) is 0 Å². The maximum absolute atomic E-state index is 11.5. The fraction of sp³-hybridized carbons (Fsp3) is 0.917. The van der Waals surface area contributed by atoms with Crippen molar-refractivity contribution in [3.05, 3.63) is 0 Å². The van der Waals surface area contributed by atoms with Crippen molar-refractivity contribution in [2.75, 3.05) is 19.6 Å². The molecule has 1 rings (SSSR count). The van der Waals surface area contributed by atoms with Gasteiger partial charge in [0.05, 0.1) is 0 Å². The first-order chi connectivity index (χ1) is 7.02. The Hall–Kier alpha value is -0.570. The fourth-order valence-corrected chi connectivity index (χ4v) is 2.02. The fourth-order valence-electron chi connectivity index (χ4n) is 2.02. The summed E-state index contributed by atoms with van der Waals surface area (Å²) in [4.78, 5) is 11.5. The zero-order valence-corrected chi connectivity index (χ0v) is 10.2. The van der Waals surface area contributed by atoms with Gasteiger partial charge < -0.3 is 10.6 Å². The van der Waals surface area contributed by atoms with Gasteiger partial charge in [-0.2, -0.15) is 0 Å². The molecule has 1 saturated heterocycles. The van der Waals surface area contributed by atoms with Gasteiger partial charge in [-0.1, -0.05) is 20.8 Å². The molecule has 0 radical (unpaired) electrons. The molecule has 1 atom stereocenters. The maximum atomic E-state index is 11.5. The Bertz CT molecular complexity index is 208. The summed E-state index contributed by atoms with van der Waals surface area (Å²) in [7, 11) is 0. The zero-order valence-electron chi connectivity index (χ0n) is 10.2. The van der Waals surface area contributed by atoms with Gasteiger partial charge in [-0.05, 0) is 30.7 Å². The van der Waals surface area contributed by atoms with E-state index >= 15 is 0 Å². The number of hydrogen-bond donors (Lipinski definition) is 2. The Kier molecular flexibility index (Phi) is 4.58. The standard InChI is InChI=1S/C12H24N2O/c1-10(2)7-11(15)14-9-12(3)5-4-6-13-8-12/h10,13H,4-9H2,1-3H3,(H,14,15). The molecule has 0 aromatic carbocycles. The molecule has 2 N–H and O–H groups in total. The molecule has 3 nitrogen and oxygen atoms in total. The minimum Gasteiger partial charge on any atom is -0.356 e. The van der Waals surface area contributed by atoms with Gasteiger partial charge in [-0.25, -0.2) is 0 Å². The maximum Gasteiger partial charge on any atom is 0.220 e. The van der Waals surface area contributed by atoms with E-state index in [1.165, 1.54) is 12.8 Å². The summed E-state index contributed by atoms with van der Waals surface area (Å²) in [6.07, 6.45) is 3.07. The largest absolute Gasteiger partial charge is 0.356 e. The topological polar surface area (TPSA) is 41.1 Å². The van der Waals surface area contributed by atoms with E-state index in [9.17, 15) is 4.79 Å². The van der Waals surface area contributed by atoms with Crippen LogP contribution >= 0.6 is 0 Å². The molecule has 1 aliphatic heterocycles. The zero-order chi connectivity index (χ0) is 11.3. The Labute approximate surface area is 93.0 Å². The molecule has 1 heterocycles. The van der Waals surface area contributed by atoms with Crippen LogP contribution in [-0.2, 0) is 4.79 Å². The van der Waals surface area contributed by atoms with Gasteiger partial charge in [0, 0.05) is 19.5 Å². The molecule has 0 aliphatic carbocycles. The van der Waals surface area contributed by atoms with E-state index in [1.54, 1.807) is 0 Å². The second-order valence-corrected chi connectivity index (χ2v) is 5.47. The Balaban J connectivity index is 2.25. The second kappa shape index (κ2) is 5.50. The molecule has 1 aliphatic rings. The van der Waals surface area contributed by atoms with Crippen LogP contribution in [0.1, 0.15) is 40.0 Å². The van der Waals surface area contributed by atoms with Crippen molar-refractivity contribution in [3.63, 3.8) is 0 Å². The van der Waals surface area contributed by atoms with Gasteiger partial charge in [0.15, 0.2) is 0 Å². The van der Waals surface area contributed by atoms with Gasteiger partial charge in [0.1, 0.15) is 0 Å². The first-order valence-electron chi connectivity index (χ1n) is 5.99. The minimum atomic E-state index is 0.191. The van der Waals surface area contributed by atoms with Crippen molar-refractivity contribution < 1.29 is 4.79 Å². The van der Waals surface area contributed by atoms with Crippen LogP contribution in [0, 0.1) is 11.3 Å². The molecular weight excluding hydrogens is 188 g/mol. The molecule has 1 amide bonds. The lowest BCUT2D eigenvalue weighted by molar-refractivity contribution is -0.122. The van der Waals surface area contributed by atoms with Crippen LogP contribution in [0.25, 0.3) is 0 Å². The average molecular weight is 212 g/mol. The summed E-state index contributed by atoms with van der Waals surface area (Å²) in [6.45, 7) is 9.35. The number of nitrogens with one attached hydrogen (secondary N) is 2. The Morgan fingerprint density at radius 3 is 2.80 bits per heavy atom. The van der Waals surface area contributed by atoms with Gasteiger partial charge in [-0.15, -0.1) is 0 Å². The van der Waals surface area contributed by atoms with Crippen molar-refractivity contribution in [2.24, 2.45) is 11.3 Å². The summed E-state index contributed by atoms with van der Waals surface area (Å²) in [6, 6.07) is 0. The first kappa shape index (κ1) is 12.5. The van der Waals surface area contributed by atoms with Crippen LogP contribution in [0.4, 0.5) is 0 Å². The van der Waals surface area contributed by atoms with E-state index in [1.807, 2.05) is 0 Å². The van der Waals surface area contributed by atoms with E-state index in [2.05, 4.69) is 31.4 Å². The van der Waals surface area contributed by atoms with Crippen LogP contribution in [0.5, 0.6) is 0 Å². The number of hydrogen-bond acceptors (Lipinski definition) is 2. The summed E-state index contributed by atoms with van der Waals surface area (Å²) in [5, 5.41) is 6.43. The SMILES string of the molecule is CC(C)CC(=O)NCC1(C)CCCNC1. The molecule has 3 heteroatoms. The number of piperidine rings is 1. The van der Waals surface area contributed by atoms with E-state index in [-0.39, 0.29) is 11.3 Å². The smallest absolute Gasteiger partial charge is 0.220 e. The molecule has 1 unspecified atom stereocenters. The van der Waals surface area contributed by atoms with Gasteiger partial charge >= 0.3 is 0 Å². The van der Waals surface area contributed by atoms with Crippen molar-refractivity contribution in [2.45, 2.75) is 40.0 Å². The third-order valence-corrected chi connectivity index (χ3v) is 2.99. The summed E-state index contributed by atoms with van der Waals surface area (Å²) >= 11 is 0. The predicted octanol–water partition coefficient (Wildman–Crippen LogP) is 1.54. The molecule has 0 saturated carbocycles. The minimum absolute atomic E-state index is 0.191. The summed E-state index contributed by atoms with van der Waals surface area (Å²) < 4.78 is 0. The summed E-state index contributed by atoms with van der Waals surface area (Å²) in [5.74, 6) is 0.638. The molecule has 15 heavy (non-hydrogen) atoms. The van der Waals surface area contributed by atoms with Crippen LogP contribution in [0.3, 0.4) is 0 Å². The van der Waals surface area contributed by atoms with Crippen molar-refractivity contribution in [1.82, 2.24) is 10.6 Å². The number of rotatable bonds is 4. The molecule has 0 bridgehead atoms. The average Bonchev–Trinajstić information content (AvgIpc) is 2.15. The van der Waals surface area contributed by atoms with Crippen LogP contribution in [-0.4, -0.2) is 25.5 Å². The molecule has 0 aromatic heterocycles. The molecule has 0 aromatic rings. The highest BCUT2D eigenvalue weighted by Gasteiger charge is 2.26. The lowest BCUT2D eigenvalue weighted by Gasteiger charge is -2.34. The highest BCUT2D eigenvalue weighted by atomic mass is 16.1. The van der Waals surface area contributed by atoms with Crippen molar-refractivity contribution >= 4 is 5.91 Å². The predicted molar refractivity (Wildman–Crippen MR) is 62.7 cm³/mol. The van der Waals surface area contributed by atoms with E-state index in [0.717, 1.165) is 19.6 Å². The molecular formula is C12H24N2O. The second-order valence-electron chi connectivity index (χ2n) is 5.47. The van der Waals surface area contributed by atoms with Gasteiger partial charge in [0.25, 0.3) is 0 Å². The normalized spacial score (nSPS) is 26.7. The van der Waals surface area contributed by atoms with Gasteiger partial charge in [-0.3, -0.25) is 4.79 Å². The third kappa shape index (κ3) is 4.65. The number of carbonyl (C=O) groups excluding carboxylic acids is 1. The number of amides is 1. The lowest BCUT2D eigenvalue weighted by Crippen LogP contribution is -2.45. The Morgan fingerprint density at radius 2 is 2.27 bits per heavy atom. The molecule has 1 fully saturated rings. The first-order valence-corrected chi connectivity index (χ1v) is 5.99. The quantitative estimate of drug-likeness (QED) is 0.742. The third-order valence-electron chi connectivity index (χ3n) is 2.99. The molecule has 88 valence electrons. The van der Waals surface area contributed by atoms with Crippen molar-refractivity contribution in [1.29, 1.82) is 0 Å². The monoisotopic (exact) mass is 212 g/mol. The highest BCUT2D eigenvalue weighted by Crippen LogP contribution is 2.24.